The Kier molecular flexibility index (Phi) is 3.07. The van der Waals surface area contributed by atoms with Crippen LogP contribution in [0.1, 0.15) is 6.92 Å². The summed E-state index contributed by atoms with van der Waals surface area (Å²) in [6.07, 6.45) is 0.0321. The first kappa shape index (κ1) is 10.2. The van der Waals surface area contributed by atoms with Gasteiger partial charge in [-0.15, -0.1) is 0 Å². The van der Waals surface area contributed by atoms with Crippen molar-refractivity contribution in [2.24, 2.45) is 0 Å². The maximum atomic E-state index is 12.4. The molecule has 5 heteroatoms. The Hall–Kier alpha value is -0.860. The monoisotopic (exact) mass is 204 g/mol. The highest BCUT2D eigenvalue weighted by Gasteiger charge is 2.16. The van der Waals surface area contributed by atoms with Gasteiger partial charge in [0.2, 0.25) is 0 Å². The van der Waals surface area contributed by atoms with Gasteiger partial charge in [-0.25, -0.2) is 8.96 Å². The first-order valence-electron chi connectivity index (χ1n) is 3.80. The number of hydrogen-bond donors (Lipinski definition) is 1. The van der Waals surface area contributed by atoms with Gasteiger partial charge in [-0.1, -0.05) is 6.92 Å². The SMILES string of the molecule is CCP(=O)(O)Oc1ccc(F)cc1. The van der Waals surface area contributed by atoms with Gasteiger partial charge in [0.25, 0.3) is 0 Å². The van der Waals surface area contributed by atoms with Crippen molar-refractivity contribution >= 4 is 7.60 Å². The Bertz CT molecular complexity index is 323. The molecule has 0 saturated heterocycles. The van der Waals surface area contributed by atoms with Crippen LogP contribution in [0.25, 0.3) is 0 Å². The standard InChI is InChI=1S/C8H10FO3P/c1-2-13(10,11)12-8-5-3-7(9)4-6-8/h3-6H,2H2,1H3,(H,10,11). The van der Waals surface area contributed by atoms with Crippen LogP contribution in [0.4, 0.5) is 4.39 Å². The third-order valence-electron chi connectivity index (χ3n) is 1.46. The summed E-state index contributed by atoms with van der Waals surface area (Å²) >= 11 is 0. The van der Waals surface area contributed by atoms with Crippen LogP contribution in [0.5, 0.6) is 5.75 Å². The largest absolute Gasteiger partial charge is 0.424 e. The molecular weight excluding hydrogens is 194 g/mol. The fourth-order valence-electron chi connectivity index (χ4n) is 0.725. The molecule has 1 aromatic rings. The van der Waals surface area contributed by atoms with E-state index in [1.165, 1.54) is 24.3 Å². The fourth-order valence-corrected chi connectivity index (χ4v) is 1.30. The molecule has 0 aliphatic heterocycles. The second-order valence-corrected chi connectivity index (χ2v) is 4.59. The molecule has 1 atom stereocenters. The molecule has 0 amide bonds. The maximum absolute atomic E-state index is 12.4. The molecule has 3 nitrogen and oxygen atoms in total. The quantitative estimate of drug-likeness (QED) is 0.769. The molecular formula is C8H10FO3P. The molecule has 1 aromatic carbocycles. The fraction of sp³-hybridized carbons (Fsp3) is 0.250. The number of benzene rings is 1. The van der Waals surface area contributed by atoms with Crippen LogP contribution in [0, 0.1) is 5.82 Å². The van der Waals surface area contributed by atoms with Gasteiger partial charge in [0.15, 0.2) is 0 Å². The van der Waals surface area contributed by atoms with Crippen LogP contribution in [-0.4, -0.2) is 11.1 Å². The number of halogens is 1. The van der Waals surface area contributed by atoms with E-state index >= 15 is 0 Å². The minimum absolute atomic E-state index is 0.0321. The lowest BCUT2D eigenvalue weighted by Gasteiger charge is -2.10. The Morgan fingerprint density at radius 1 is 1.46 bits per heavy atom. The molecule has 1 rings (SSSR count). The molecule has 0 spiro atoms. The van der Waals surface area contributed by atoms with Gasteiger partial charge in [0.1, 0.15) is 11.6 Å². The molecule has 0 aromatic heterocycles. The van der Waals surface area contributed by atoms with Gasteiger partial charge in [0, 0.05) is 0 Å². The summed E-state index contributed by atoms with van der Waals surface area (Å²) in [5.41, 5.74) is 0. The molecule has 0 radical (unpaired) electrons. The summed E-state index contributed by atoms with van der Waals surface area (Å²) in [5.74, 6) is -0.203. The third-order valence-corrected chi connectivity index (χ3v) is 2.76. The van der Waals surface area contributed by atoms with Gasteiger partial charge in [-0.05, 0) is 24.3 Å². The summed E-state index contributed by atoms with van der Waals surface area (Å²) in [4.78, 5) is 9.09. The van der Waals surface area contributed by atoms with E-state index in [0.29, 0.717) is 0 Å². The zero-order valence-corrected chi connectivity index (χ0v) is 8.00. The topological polar surface area (TPSA) is 46.5 Å². The zero-order chi connectivity index (χ0) is 9.90. The van der Waals surface area contributed by atoms with Gasteiger partial charge >= 0.3 is 7.60 Å². The van der Waals surface area contributed by atoms with Crippen molar-refractivity contribution in [3.8, 4) is 5.75 Å². The van der Waals surface area contributed by atoms with E-state index in [0.717, 1.165) is 0 Å². The lowest BCUT2D eigenvalue weighted by molar-refractivity contribution is 0.381. The molecule has 1 unspecified atom stereocenters. The lowest BCUT2D eigenvalue weighted by Crippen LogP contribution is -1.93. The van der Waals surface area contributed by atoms with E-state index in [1.807, 2.05) is 0 Å². The molecule has 0 heterocycles. The average Bonchev–Trinajstić information content (AvgIpc) is 2.09. The highest BCUT2D eigenvalue weighted by molar-refractivity contribution is 7.53. The molecule has 0 aliphatic rings. The second-order valence-electron chi connectivity index (χ2n) is 2.50. The van der Waals surface area contributed by atoms with Crippen molar-refractivity contribution in [1.29, 1.82) is 0 Å². The van der Waals surface area contributed by atoms with E-state index in [9.17, 15) is 8.96 Å². The maximum Gasteiger partial charge on any atom is 0.376 e. The van der Waals surface area contributed by atoms with E-state index in [2.05, 4.69) is 0 Å². The van der Waals surface area contributed by atoms with E-state index in [-0.39, 0.29) is 11.9 Å². The van der Waals surface area contributed by atoms with Gasteiger partial charge < -0.3 is 9.42 Å². The minimum atomic E-state index is -3.53. The van der Waals surface area contributed by atoms with Crippen LogP contribution in [0.3, 0.4) is 0 Å². The van der Waals surface area contributed by atoms with Crippen molar-refractivity contribution in [2.75, 3.05) is 6.16 Å². The predicted molar refractivity (Wildman–Crippen MR) is 47.4 cm³/mol. The minimum Gasteiger partial charge on any atom is -0.424 e. The molecule has 0 bridgehead atoms. The van der Waals surface area contributed by atoms with E-state index < -0.39 is 13.4 Å². The number of rotatable bonds is 3. The van der Waals surface area contributed by atoms with Crippen molar-refractivity contribution in [3.05, 3.63) is 30.1 Å². The summed E-state index contributed by atoms with van der Waals surface area (Å²) < 4.78 is 28.2. The Labute approximate surface area is 75.7 Å². The van der Waals surface area contributed by atoms with Crippen LogP contribution in [0.15, 0.2) is 24.3 Å². The number of hydrogen-bond acceptors (Lipinski definition) is 2. The van der Waals surface area contributed by atoms with E-state index in [1.54, 1.807) is 6.92 Å². The van der Waals surface area contributed by atoms with Crippen LogP contribution in [-0.2, 0) is 4.57 Å². The molecule has 0 fully saturated rings. The second kappa shape index (κ2) is 3.90. The third kappa shape index (κ3) is 3.17. The van der Waals surface area contributed by atoms with Crippen molar-refractivity contribution in [2.45, 2.75) is 6.92 Å². The zero-order valence-electron chi connectivity index (χ0n) is 7.11. The predicted octanol–water partition coefficient (Wildman–Crippen LogP) is 2.41. The lowest BCUT2D eigenvalue weighted by atomic mass is 10.3. The molecule has 1 N–H and O–H groups in total. The molecule has 0 aliphatic carbocycles. The van der Waals surface area contributed by atoms with E-state index in [4.69, 9.17) is 9.42 Å². The van der Waals surface area contributed by atoms with Gasteiger partial charge in [0.05, 0.1) is 6.16 Å². The van der Waals surface area contributed by atoms with Gasteiger partial charge in [-0.2, -0.15) is 0 Å². The van der Waals surface area contributed by atoms with Crippen LogP contribution < -0.4 is 4.52 Å². The van der Waals surface area contributed by atoms with Crippen LogP contribution in [0.2, 0.25) is 0 Å². The first-order valence-corrected chi connectivity index (χ1v) is 5.57. The average molecular weight is 204 g/mol. The highest BCUT2D eigenvalue weighted by Crippen LogP contribution is 2.41. The molecule has 72 valence electrons. The Morgan fingerprint density at radius 2 is 2.00 bits per heavy atom. The summed E-state index contributed by atoms with van der Waals surface area (Å²) in [6, 6.07) is 4.97. The molecule has 0 saturated carbocycles. The molecule has 13 heavy (non-hydrogen) atoms. The van der Waals surface area contributed by atoms with Crippen molar-refractivity contribution in [3.63, 3.8) is 0 Å². The normalized spacial score (nSPS) is 15.0. The Morgan fingerprint density at radius 3 is 2.46 bits per heavy atom. The first-order chi connectivity index (χ1) is 6.03. The van der Waals surface area contributed by atoms with Crippen molar-refractivity contribution < 1.29 is 18.4 Å². The highest BCUT2D eigenvalue weighted by atomic mass is 31.2. The summed E-state index contributed by atoms with van der Waals surface area (Å²) in [6.45, 7) is 1.55. The van der Waals surface area contributed by atoms with Crippen molar-refractivity contribution in [1.82, 2.24) is 0 Å². The Balaban J connectivity index is 2.75. The summed E-state index contributed by atoms with van der Waals surface area (Å²) in [7, 11) is -3.53. The summed E-state index contributed by atoms with van der Waals surface area (Å²) in [5, 5.41) is 0. The smallest absolute Gasteiger partial charge is 0.376 e. The van der Waals surface area contributed by atoms with Gasteiger partial charge in [-0.3, -0.25) is 0 Å². The van der Waals surface area contributed by atoms with Crippen LogP contribution >= 0.6 is 7.60 Å².